The van der Waals surface area contributed by atoms with Gasteiger partial charge < -0.3 is 4.74 Å². The number of hydrogen-bond acceptors (Lipinski definition) is 5. The van der Waals surface area contributed by atoms with Crippen LogP contribution in [0.4, 0.5) is 0 Å². The summed E-state index contributed by atoms with van der Waals surface area (Å²) in [5, 5.41) is 9.14. The standard InChI is InChI=1S/C21H23N3O2S/c1-3-7-19-20(25)24(15-17-8-5-4-6-9-17)21(27-19)23-22-14-16-10-12-18(26-2)13-11-16/h4-6,8-14,19H,3,7,15H2,1-2H3/b22-14-,23-21-/t19-/m0/s1. The summed E-state index contributed by atoms with van der Waals surface area (Å²) in [6.45, 7) is 2.61. The third-order valence-electron chi connectivity index (χ3n) is 4.22. The van der Waals surface area contributed by atoms with E-state index in [1.54, 1.807) is 18.2 Å². The van der Waals surface area contributed by atoms with Gasteiger partial charge in [0.25, 0.3) is 0 Å². The van der Waals surface area contributed by atoms with Crippen LogP contribution in [0.15, 0.2) is 64.8 Å². The zero-order valence-corrected chi connectivity index (χ0v) is 16.4. The molecule has 1 saturated heterocycles. The Morgan fingerprint density at radius 1 is 1.15 bits per heavy atom. The zero-order valence-electron chi connectivity index (χ0n) is 15.5. The first-order valence-electron chi connectivity index (χ1n) is 8.98. The highest BCUT2D eigenvalue weighted by Gasteiger charge is 2.37. The van der Waals surface area contributed by atoms with Crippen molar-refractivity contribution >= 4 is 29.1 Å². The van der Waals surface area contributed by atoms with Crippen LogP contribution >= 0.6 is 11.8 Å². The maximum absolute atomic E-state index is 12.8. The SMILES string of the molecule is CCC[C@@H]1S/C(=N\N=C/c2ccc(OC)cc2)N(Cc2ccccc2)C1=O. The molecular formula is C21H23N3O2S. The molecule has 5 nitrogen and oxygen atoms in total. The van der Waals surface area contributed by atoms with Crippen LogP contribution in [0.25, 0.3) is 0 Å². The predicted molar refractivity (Wildman–Crippen MR) is 111 cm³/mol. The topological polar surface area (TPSA) is 54.3 Å². The number of amidine groups is 1. The number of benzene rings is 2. The van der Waals surface area contributed by atoms with E-state index < -0.39 is 0 Å². The lowest BCUT2D eigenvalue weighted by molar-refractivity contribution is -0.126. The van der Waals surface area contributed by atoms with Crippen molar-refractivity contribution in [1.29, 1.82) is 0 Å². The molecule has 0 unspecified atom stereocenters. The summed E-state index contributed by atoms with van der Waals surface area (Å²) >= 11 is 1.50. The number of carbonyl (C=O) groups is 1. The van der Waals surface area contributed by atoms with Gasteiger partial charge in [-0.2, -0.15) is 5.10 Å². The van der Waals surface area contributed by atoms with Crippen LogP contribution in [0, 0.1) is 0 Å². The second-order valence-electron chi connectivity index (χ2n) is 6.21. The van der Waals surface area contributed by atoms with Crippen molar-refractivity contribution in [3.8, 4) is 5.75 Å². The van der Waals surface area contributed by atoms with Gasteiger partial charge in [-0.25, -0.2) is 0 Å². The summed E-state index contributed by atoms with van der Waals surface area (Å²) in [4.78, 5) is 14.5. The van der Waals surface area contributed by atoms with Crippen molar-refractivity contribution in [2.24, 2.45) is 10.2 Å². The van der Waals surface area contributed by atoms with Crippen LogP contribution in [0.5, 0.6) is 5.75 Å². The van der Waals surface area contributed by atoms with E-state index in [1.165, 1.54) is 11.8 Å². The highest BCUT2D eigenvalue weighted by Crippen LogP contribution is 2.31. The molecule has 0 aromatic heterocycles. The van der Waals surface area contributed by atoms with Gasteiger partial charge >= 0.3 is 0 Å². The maximum Gasteiger partial charge on any atom is 0.242 e. The fraction of sp³-hybridized carbons (Fsp3) is 0.286. The lowest BCUT2D eigenvalue weighted by Crippen LogP contribution is -2.31. The summed E-state index contributed by atoms with van der Waals surface area (Å²) in [6.07, 6.45) is 3.49. The average molecular weight is 382 g/mol. The number of carbonyl (C=O) groups excluding carboxylic acids is 1. The lowest BCUT2D eigenvalue weighted by atomic mass is 10.2. The largest absolute Gasteiger partial charge is 0.497 e. The Morgan fingerprint density at radius 3 is 2.56 bits per heavy atom. The molecule has 1 amide bonds. The quantitative estimate of drug-likeness (QED) is 0.530. The Balaban J connectivity index is 1.77. The van der Waals surface area contributed by atoms with Crippen LogP contribution in [0.1, 0.15) is 30.9 Å². The molecular weight excluding hydrogens is 358 g/mol. The molecule has 1 aliphatic heterocycles. The van der Waals surface area contributed by atoms with Gasteiger partial charge in [0.2, 0.25) is 5.91 Å². The molecule has 0 N–H and O–H groups in total. The van der Waals surface area contributed by atoms with Crippen molar-refractivity contribution in [1.82, 2.24) is 4.90 Å². The van der Waals surface area contributed by atoms with E-state index in [0.717, 1.165) is 29.7 Å². The van der Waals surface area contributed by atoms with Gasteiger partial charge in [0.1, 0.15) is 5.75 Å². The van der Waals surface area contributed by atoms with E-state index in [9.17, 15) is 4.79 Å². The minimum absolute atomic E-state index is 0.0753. The number of nitrogens with zero attached hydrogens (tertiary/aromatic N) is 3. The fourth-order valence-electron chi connectivity index (χ4n) is 2.78. The second kappa shape index (κ2) is 9.37. The van der Waals surface area contributed by atoms with Gasteiger partial charge in [-0.05, 0) is 41.8 Å². The monoisotopic (exact) mass is 381 g/mol. The van der Waals surface area contributed by atoms with Crippen molar-refractivity contribution < 1.29 is 9.53 Å². The number of thioether (sulfide) groups is 1. The summed E-state index contributed by atoms with van der Waals surface area (Å²) in [5.41, 5.74) is 2.00. The highest BCUT2D eigenvalue weighted by molar-refractivity contribution is 8.15. The third kappa shape index (κ3) is 4.98. The number of amides is 1. The molecule has 0 aliphatic carbocycles. The minimum Gasteiger partial charge on any atom is -0.497 e. The number of hydrogen-bond donors (Lipinski definition) is 0. The van der Waals surface area contributed by atoms with Gasteiger partial charge in [-0.15, -0.1) is 5.10 Å². The molecule has 0 bridgehead atoms. The Bertz CT molecular complexity index is 819. The van der Waals surface area contributed by atoms with Crippen LogP contribution in [0.3, 0.4) is 0 Å². The molecule has 27 heavy (non-hydrogen) atoms. The molecule has 0 radical (unpaired) electrons. The lowest BCUT2D eigenvalue weighted by Gasteiger charge is -2.15. The van der Waals surface area contributed by atoms with Gasteiger partial charge in [0, 0.05) is 0 Å². The van der Waals surface area contributed by atoms with Crippen LogP contribution < -0.4 is 4.74 Å². The van der Waals surface area contributed by atoms with E-state index in [-0.39, 0.29) is 11.2 Å². The van der Waals surface area contributed by atoms with Crippen molar-refractivity contribution in [2.45, 2.75) is 31.6 Å². The Morgan fingerprint density at radius 2 is 1.89 bits per heavy atom. The predicted octanol–water partition coefficient (Wildman–Crippen LogP) is 4.33. The summed E-state index contributed by atoms with van der Waals surface area (Å²) in [6, 6.07) is 17.5. The number of methoxy groups -OCH3 is 1. The summed E-state index contributed by atoms with van der Waals surface area (Å²) in [7, 11) is 1.64. The van der Waals surface area contributed by atoms with Crippen LogP contribution in [0.2, 0.25) is 0 Å². The van der Waals surface area contributed by atoms with E-state index in [2.05, 4.69) is 17.1 Å². The molecule has 3 rings (SSSR count). The van der Waals surface area contributed by atoms with Crippen LogP contribution in [-0.2, 0) is 11.3 Å². The normalized spacial score (nSPS) is 18.6. The van der Waals surface area contributed by atoms with Gasteiger partial charge in [-0.3, -0.25) is 9.69 Å². The molecule has 1 atom stereocenters. The first-order valence-corrected chi connectivity index (χ1v) is 9.86. The van der Waals surface area contributed by atoms with E-state index in [0.29, 0.717) is 11.7 Å². The Hall–Kier alpha value is -2.60. The zero-order chi connectivity index (χ0) is 19.1. The first kappa shape index (κ1) is 19.2. The number of ether oxygens (including phenoxy) is 1. The Kier molecular flexibility index (Phi) is 6.65. The molecule has 1 heterocycles. The van der Waals surface area contributed by atoms with E-state index in [4.69, 9.17) is 4.74 Å². The molecule has 1 aliphatic rings. The molecule has 140 valence electrons. The highest BCUT2D eigenvalue weighted by atomic mass is 32.2. The second-order valence-corrected chi connectivity index (χ2v) is 7.38. The van der Waals surface area contributed by atoms with Crippen LogP contribution in [-0.4, -0.2) is 34.5 Å². The average Bonchev–Trinajstić information content (AvgIpc) is 2.99. The first-order chi connectivity index (χ1) is 13.2. The van der Waals surface area contributed by atoms with Gasteiger partial charge in [-0.1, -0.05) is 55.4 Å². The third-order valence-corrected chi connectivity index (χ3v) is 5.46. The number of rotatable bonds is 7. The Labute approximate surface area is 164 Å². The molecule has 2 aromatic rings. The smallest absolute Gasteiger partial charge is 0.242 e. The summed E-state index contributed by atoms with van der Waals surface area (Å²) in [5.74, 6) is 0.913. The molecule has 6 heteroatoms. The molecule has 0 saturated carbocycles. The molecule has 0 spiro atoms. The van der Waals surface area contributed by atoms with E-state index >= 15 is 0 Å². The minimum atomic E-state index is -0.0753. The van der Waals surface area contributed by atoms with Crippen molar-refractivity contribution in [3.05, 3.63) is 65.7 Å². The fourth-order valence-corrected chi connectivity index (χ4v) is 3.99. The van der Waals surface area contributed by atoms with E-state index in [1.807, 2.05) is 54.6 Å². The van der Waals surface area contributed by atoms with Crippen molar-refractivity contribution in [2.75, 3.05) is 7.11 Å². The van der Waals surface area contributed by atoms with Gasteiger partial charge in [0.15, 0.2) is 5.17 Å². The molecule has 1 fully saturated rings. The van der Waals surface area contributed by atoms with Gasteiger partial charge in [0.05, 0.1) is 25.1 Å². The summed E-state index contributed by atoms with van der Waals surface area (Å²) < 4.78 is 5.15. The van der Waals surface area contributed by atoms with Crippen molar-refractivity contribution in [3.63, 3.8) is 0 Å². The maximum atomic E-state index is 12.8. The molecule has 2 aromatic carbocycles.